The molecule has 2 amide bonds. The molecule has 6 rings (SSSR count). The molecule has 0 spiro atoms. The highest BCUT2D eigenvalue weighted by molar-refractivity contribution is 9.10. The Morgan fingerprint density at radius 3 is 1.74 bits per heavy atom. The van der Waals surface area contributed by atoms with Crippen LogP contribution in [0.4, 0.5) is 19.7 Å². The molecule has 2 saturated heterocycles. The van der Waals surface area contributed by atoms with E-state index < -0.39 is 11.2 Å². The Hall–Kier alpha value is -3.43. The van der Waals surface area contributed by atoms with Crippen molar-refractivity contribution in [3.63, 3.8) is 0 Å². The fourth-order valence-corrected chi connectivity index (χ4v) is 6.10. The molecule has 4 aromatic heterocycles. The van der Waals surface area contributed by atoms with Gasteiger partial charge in [0.25, 0.3) is 0 Å². The van der Waals surface area contributed by atoms with E-state index >= 15 is 0 Å². The van der Waals surface area contributed by atoms with E-state index in [2.05, 4.69) is 53.2 Å². The van der Waals surface area contributed by atoms with E-state index in [4.69, 9.17) is 15.2 Å². The summed E-state index contributed by atoms with van der Waals surface area (Å²) in [6, 6.07) is 4.05. The average Bonchev–Trinajstić information content (AvgIpc) is 3.67. The molecule has 3 N–H and O–H groups in total. The monoisotopic (exact) mass is 824 g/mol. The summed E-state index contributed by atoms with van der Waals surface area (Å²) in [6.07, 6.45) is 13.5. The molecule has 15 heteroatoms. The summed E-state index contributed by atoms with van der Waals surface area (Å²) in [5.74, 6) is -0.267. The Morgan fingerprint density at radius 1 is 0.800 bits per heavy atom. The maximum atomic E-state index is 13.0. The number of likely N-dealkylation sites (tertiary alicyclic amines) is 2. The maximum Gasteiger partial charge on any atom is 0.410 e. The number of rotatable bonds is 2. The number of nitrogens with one attached hydrogen (secondary N) is 1. The topological polar surface area (TPSA) is 132 Å². The summed E-state index contributed by atoms with van der Waals surface area (Å²) in [5.41, 5.74) is 7.49. The van der Waals surface area contributed by atoms with Crippen molar-refractivity contribution in [3.05, 3.63) is 64.3 Å². The Morgan fingerprint density at radius 2 is 1.24 bits per heavy atom. The molecule has 0 atom stereocenters. The molecule has 276 valence electrons. The third-order valence-corrected chi connectivity index (χ3v) is 8.49. The van der Waals surface area contributed by atoms with Crippen LogP contribution in [0, 0.1) is 5.82 Å². The number of carbonyl (C=O) groups excluding carboxylic acids is 2. The highest BCUT2D eigenvalue weighted by Gasteiger charge is 2.27. The van der Waals surface area contributed by atoms with Crippen LogP contribution in [0.2, 0.25) is 0 Å². The van der Waals surface area contributed by atoms with Crippen molar-refractivity contribution in [2.45, 2.75) is 97.9 Å². The van der Waals surface area contributed by atoms with Gasteiger partial charge in [-0.3, -0.25) is 0 Å². The largest absolute Gasteiger partial charge is 0.444 e. The Balaban J connectivity index is 0.000000221. The van der Waals surface area contributed by atoms with Gasteiger partial charge in [-0.05, 0) is 111 Å². The van der Waals surface area contributed by atoms with E-state index in [0.29, 0.717) is 29.1 Å². The molecule has 0 aromatic carbocycles. The smallest absolute Gasteiger partial charge is 0.410 e. The van der Waals surface area contributed by atoms with Crippen LogP contribution >= 0.6 is 31.9 Å². The summed E-state index contributed by atoms with van der Waals surface area (Å²) < 4.78 is 29.0. The molecule has 2 aliphatic heterocycles. The first kappa shape index (κ1) is 41.0. The second kappa shape index (κ2) is 17.7. The Bertz CT molecular complexity index is 1700. The van der Waals surface area contributed by atoms with Crippen LogP contribution in [0.1, 0.15) is 74.7 Å². The van der Waals surface area contributed by atoms with Crippen LogP contribution in [0.5, 0.6) is 0 Å². The lowest BCUT2D eigenvalue weighted by Gasteiger charge is -2.34. The zero-order valence-electron chi connectivity index (χ0n) is 29.0. The van der Waals surface area contributed by atoms with Crippen molar-refractivity contribution >= 4 is 60.8 Å². The van der Waals surface area contributed by atoms with Crippen LogP contribution in [0.3, 0.4) is 0 Å². The number of ether oxygens (including phenoxy) is 2. The number of anilines is 1. The van der Waals surface area contributed by atoms with Gasteiger partial charge in [-0.2, -0.15) is 0 Å². The summed E-state index contributed by atoms with van der Waals surface area (Å²) in [6.45, 7) is 14.1. The minimum atomic E-state index is -0.448. The van der Waals surface area contributed by atoms with E-state index in [-0.39, 0.29) is 31.5 Å². The fraction of sp³-hybridized carbons (Fsp3) is 0.543. The molecule has 2 fully saturated rings. The number of piperidine rings is 2. The molecule has 0 saturated carbocycles. The number of halogens is 3. The Labute approximate surface area is 311 Å². The van der Waals surface area contributed by atoms with Gasteiger partial charge in [-0.1, -0.05) is 7.43 Å². The maximum absolute atomic E-state index is 13.0. The SMILES string of the molecule is C.CC(C)(C)OC(=O)N1CCC(N)CC1.CC(C)(C)OC(=O)N1CCC(Nc2cc(Br)cn3cncc23)CC1.Fc1cc(Br)cn2cncc12. The first-order chi connectivity index (χ1) is 23.0. The predicted molar refractivity (Wildman–Crippen MR) is 202 cm³/mol. The number of hydrogen-bond acceptors (Lipinski definition) is 8. The van der Waals surface area contributed by atoms with Gasteiger partial charge in [-0.25, -0.2) is 23.9 Å². The number of imidazole rings is 2. The quantitative estimate of drug-likeness (QED) is 0.207. The van der Waals surface area contributed by atoms with Crippen molar-refractivity contribution < 1.29 is 23.5 Å². The van der Waals surface area contributed by atoms with E-state index in [0.717, 1.165) is 54.4 Å². The van der Waals surface area contributed by atoms with Gasteiger partial charge < -0.3 is 39.1 Å². The predicted octanol–water partition coefficient (Wildman–Crippen LogP) is 8.12. The number of hydrogen-bond donors (Lipinski definition) is 2. The van der Waals surface area contributed by atoms with Crippen molar-refractivity contribution in [1.82, 2.24) is 28.6 Å². The van der Waals surface area contributed by atoms with Gasteiger partial charge in [0.1, 0.15) is 22.5 Å². The van der Waals surface area contributed by atoms with Gasteiger partial charge in [0.05, 0.1) is 36.3 Å². The zero-order valence-corrected chi connectivity index (χ0v) is 32.1. The van der Waals surface area contributed by atoms with Gasteiger partial charge in [0.15, 0.2) is 0 Å². The molecule has 12 nitrogen and oxygen atoms in total. The van der Waals surface area contributed by atoms with E-state index in [1.165, 1.54) is 12.3 Å². The van der Waals surface area contributed by atoms with Crippen LogP contribution < -0.4 is 11.1 Å². The van der Waals surface area contributed by atoms with Crippen molar-refractivity contribution in [2.24, 2.45) is 5.73 Å². The molecule has 0 aliphatic carbocycles. The minimum Gasteiger partial charge on any atom is -0.444 e. The molecule has 6 heterocycles. The van der Waals surface area contributed by atoms with Crippen LogP contribution in [0.15, 0.2) is 58.5 Å². The Kier molecular flexibility index (Phi) is 14.5. The third kappa shape index (κ3) is 12.4. The van der Waals surface area contributed by atoms with Crippen LogP contribution in [-0.4, -0.2) is 90.2 Å². The minimum absolute atomic E-state index is 0. The van der Waals surface area contributed by atoms with Gasteiger partial charge >= 0.3 is 12.2 Å². The summed E-state index contributed by atoms with van der Waals surface area (Å²) in [7, 11) is 0. The number of pyridine rings is 2. The number of nitrogens with two attached hydrogens (primary N) is 1. The van der Waals surface area contributed by atoms with E-state index in [1.807, 2.05) is 58.3 Å². The van der Waals surface area contributed by atoms with Crippen molar-refractivity contribution in [1.29, 1.82) is 0 Å². The van der Waals surface area contributed by atoms with E-state index in [1.54, 1.807) is 33.1 Å². The van der Waals surface area contributed by atoms with Gasteiger partial charge in [0, 0.05) is 59.6 Å². The number of carbonyl (C=O) groups is 2. The number of fused-ring (bicyclic) bond motifs is 2. The molecule has 4 aromatic rings. The lowest BCUT2D eigenvalue weighted by molar-refractivity contribution is 0.0197. The molecule has 0 bridgehead atoms. The van der Waals surface area contributed by atoms with E-state index in [9.17, 15) is 14.0 Å². The lowest BCUT2D eigenvalue weighted by atomic mass is 10.0. The molecule has 0 radical (unpaired) electrons. The highest BCUT2D eigenvalue weighted by atomic mass is 79.9. The highest BCUT2D eigenvalue weighted by Crippen LogP contribution is 2.26. The fourth-order valence-electron chi connectivity index (χ4n) is 5.23. The third-order valence-electron chi connectivity index (χ3n) is 7.62. The molecule has 50 heavy (non-hydrogen) atoms. The average molecular weight is 827 g/mol. The molecular formula is C35H51Br2FN8O4. The number of aromatic nitrogens is 4. The first-order valence-electron chi connectivity index (χ1n) is 16.3. The summed E-state index contributed by atoms with van der Waals surface area (Å²) in [4.78, 5) is 35.2. The second-order valence-corrected chi connectivity index (χ2v) is 16.0. The van der Waals surface area contributed by atoms with Crippen LogP contribution in [0.25, 0.3) is 11.0 Å². The summed E-state index contributed by atoms with van der Waals surface area (Å²) in [5, 5.41) is 3.59. The second-order valence-electron chi connectivity index (χ2n) is 14.1. The van der Waals surface area contributed by atoms with Crippen molar-refractivity contribution in [3.8, 4) is 0 Å². The first-order valence-corrected chi connectivity index (χ1v) is 17.9. The van der Waals surface area contributed by atoms with Crippen molar-refractivity contribution in [2.75, 3.05) is 31.5 Å². The molecular weight excluding hydrogens is 775 g/mol. The number of amides is 2. The van der Waals surface area contributed by atoms with Gasteiger partial charge in [-0.15, -0.1) is 0 Å². The zero-order chi connectivity index (χ0) is 35.9. The normalized spacial score (nSPS) is 15.7. The number of nitrogens with zero attached hydrogens (tertiary/aromatic N) is 6. The molecule has 2 aliphatic rings. The molecule has 0 unspecified atom stereocenters. The standard InChI is InChI=1S/C17H23BrN4O2.C10H20N2O2.C7H4BrFN2.CH4/c1-17(2,3)24-16(23)21-6-4-13(5-7-21)20-14-8-12(18)10-22-11-19-9-15(14)22;1-10(2,3)14-9(13)12-6-4-8(11)5-7-12;8-5-1-6(9)7-2-10-4-11(7)3-5;/h8-11,13,20H,4-7H2,1-3H3;8H,4-7,11H2,1-3H3;1-4H;1H4. The summed E-state index contributed by atoms with van der Waals surface area (Å²) >= 11 is 6.71. The van der Waals surface area contributed by atoms with Crippen LogP contribution in [-0.2, 0) is 9.47 Å². The van der Waals surface area contributed by atoms with Gasteiger partial charge in [0.2, 0.25) is 0 Å². The lowest BCUT2D eigenvalue weighted by Crippen LogP contribution is -2.44.